The molecule has 6 heteroatoms. The van der Waals surface area contributed by atoms with Crippen molar-refractivity contribution in [3.63, 3.8) is 0 Å². The molecule has 1 aliphatic rings. The van der Waals surface area contributed by atoms with Crippen LogP contribution in [-0.4, -0.2) is 16.3 Å². The number of imide groups is 1. The largest absolute Gasteiger partial charge is 0.508 e. The minimum atomic E-state index is -0.369. The molecule has 0 saturated carbocycles. The van der Waals surface area contributed by atoms with E-state index in [1.165, 1.54) is 0 Å². The summed E-state index contributed by atoms with van der Waals surface area (Å²) >= 11 is 0.899. The second-order valence-electron chi connectivity index (χ2n) is 6.81. The van der Waals surface area contributed by atoms with E-state index in [0.717, 1.165) is 39.8 Å². The van der Waals surface area contributed by atoms with Gasteiger partial charge < -0.3 is 9.84 Å². The average Bonchev–Trinajstić information content (AvgIpc) is 2.89. The summed E-state index contributed by atoms with van der Waals surface area (Å²) in [6.07, 6.45) is 1.70. The normalized spacial score (nSPS) is 15.5. The van der Waals surface area contributed by atoms with Crippen LogP contribution in [0.1, 0.15) is 42.0 Å². The minimum Gasteiger partial charge on any atom is -0.508 e. The summed E-state index contributed by atoms with van der Waals surface area (Å²) in [7, 11) is 0. The first kappa shape index (κ1) is 19.0. The lowest BCUT2D eigenvalue weighted by Crippen LogP contribution is -2.17. The van der Waals surface area contributed by atoms with Gasteiger partial charge in [0, 0.05) is 5.56 Å². The molecular formula is C21H21NO4S. The van der Waals surface area contributed by atoms with E-state index in [1.54, 1.807) is 18.2 Å². The van der Waals surface area contributed by atoms with E-state index < -0.39 is 0 Å². The van der Waals surface area contributed by atoms with Gasteiger partial charge in [0.2, 0.25) is 0 Å². The number of aromatic hydroxyl groups is 1. The van der Waals surface area contributed by atoms with Crippen molar-refractivity contribution in [3.05, 3.63) is 57.5 Å². The Morgan fingerprint density at radius 2 is 1.78 bits per heavy atom. The third-order valence-corrected chi connectivity index (χ3v) is 5.07. The summed E-state index contributed by atoms with van der Waals surface area (Å²) in [6, 6.07) is 9.05. The van der Waals surface area contributed by atoms with Gasteiger partial charge in [0.25, 0.3) is 11.1 Å². The van der Waals surface area contributed by atoms with Crippen molar-refractivity contribution in [2.45, 2.75) is 33.6 Å². The van der Waals surface area contributed by atoms with Gasteiger partial charge in [0.1, 0.15) is 17.2 Å². The molecule has 140 valence electrons. The van der Waals surface area contributed by atoms with Gasteiger partial charge in [-0.25, -0.2) is 0 Å². The molecule has 0 aliphatic carbocycles. The molecule has 0 atom stereocenters. The molecule has 0 aromatic heterocycles. The highest BCUT2D eigenvalue weighted by atomic mass is 32.2. The van der Waals surface area contributed by atoms with Crippen LogP contribution in [0.2, 0.25) is 0 Å². The molecule has 2 N–H and O–H groups in total. The predicted octanol–water partition coefficient (Wildman–Crippen LogP) is 5.25. The molecule has 2 amide bonds. The van der Waals surface area contributed by atoms with E-state index in [-0.39, 0.29) is 22.8 Å². The SMILES string of the molecule is Cc1cc(C=C2SC(=O)NC2=O)cc(C)c1Oc1ccc(O)c(C(C)C)c1. The maximum absolute atomic E-state index is 11.7. The standard InChI is InChI=1S/C21H21NO4S/c1-11(2)16-10-15(5-6-17(16)23)26-19-12(3)7-14(8-13(19)4)9-18-20(24)22-21(25)27-18/h5-11,23H,1-4H3,(H,22,24,25). The number of amides is 2. The van der Waals surface area contributed by atoms with Crippen LogP contribution in [-0.2, 0) is 4.79 Å². The van der Waals surface area contributed by atoms with E-state index >= 15 is 0 Å². The van der Waals surface area contributed by atoms with Gasteiger partial charge in [-0.2, -0.15) is 0 Å². The van der Waals surface area contributed by atoms with Crippen molar-refractivity contribution >= 4 is 29.0 Å². The molecule has 1 saturated heterocycles. The number of carbonyl (C=O) groups excluding carboxylic acids is 2. The predicted molar refractivity (Wildman–Crippen MR) is 107 cm³/mol. The van der Waals surface area contributed by atoms with Gasteiger partial charge in [0.05, 0.1) is 4.91 Å². The number of ether oxygens (including phenoxy) is 1. The van der Waals surface area contributed by atoms with Gasteiger partial charge in [-0.3, -0.25) is 14.9 Å². The molecule has 2 aromatic carbocycles. The van der Waals surface area contributed by atoms with Gasteiger partial charge in [-0.15, -0.1) is 0 Å². The summed E-state index contributed by atoms with van der Waals surface area (Å²) in [4.78, 5) is 23.4. The minimum absolute atomic E-state index is 0.183. The Balaban J connectivity index is 1.90. The molecule has 2 aromatic rings. The molecule has 27 heavy (non-hydrogen) atoms. The highest BCUT2D eigenvalue weighted by Crippen LogP contribution is 2.35. The molecule has 0 spiro atoms. The first-order valence-corrected chi connectivity index (χ1v) is 9.43. The Labute approximate surface area is 162 Å². The fourth-order valence-electron chi connectivity index (χ4n) is 2.98. The Hall–Kier alpha value is -2.73. The van der Waals surface area contributed by atoms with Crippen LogP contribution in [0.5, 0.6) is 17.2 Å². The van der Waals surface area contributed by atoms with Crippen LogP contribution in [0.25, 0.3) is 6.08 Å². The second-order valence-corrected chi connectivity index (χ2v) is 7.83. The van der Waals surface area contributed by atoms with E-state index in [1.807, 2.05) is 45.9 Å². The number of nitrogens with one attached hydrogen (secondary N) is 1. The van der Waals surface area contributed by atoms with Gasteiger partial charge >= 0.3 is 0 Å². The number of hydrogen-bond donors (Lipinski definition) is 2. The summed E-state index contributed by atoms with van der Waals surface area (Å²) in [5.41, 5.74) is 3.49. The van der Waals surface area contributed by atoms with E-state index in [0.29, 0.717) is 10.7 Å². The Morgan fingerprint density at radius 1 is 1.11 bits per heavy atom. The summed E-state index contributed by atoms with van der Waals surface area (Å²) in [5, 5.41) is 11.9. The van der Waals surface area contributed by atoms with Crippen molar-refractivity contribution < 1.29 is 19.4 Å². The molecule has 1 heterocycles. The second kappa shape index (κ2) is 7.48. The van der Waals surface area contributed by atoms with E-state index in [2.05, 4.69) is 5.32 Å². The zero-order valence-electron chi connectivity index (χ0n) is 15.6. The van der Waals surface area contributed by atoms with E-state index in [4.69, 9.17) is 4.74 Å². The monoisotopic (exact) mass is 383 g/mol. The number of rotatable bonds is 4. The van der Waals surface area contributed by atoms with Crippen molar-refractivity contribution in [1.82, 2.24) is 5.32 Å². The van der Waals surface area contributed by atoms with E-state index in [9.17, 15) is 14.7 Å². The Kier molecular flexibility index (Phi) is 5.28. The number of phenols is 1. The number of phenolic OH excluding ortho intramolecular Hbond substituents is 1. The molecule has 1 aliphatic heterocycles. The Bertz CT molecular complexity index is 940. The highest BCUT2D eigenvalue weighted by Gasteiger charge is 2.25. The first-order valence-electron chi connectivity index (χ1n) is 8.61. The molecule has 5 nitrogen and oxygen atoms in total. The van der Waals surface area contributed by atoms with Gasteiger partial charge in [-0.1, -0.05) is 13.8 Å². The summed E-state index contributed by atoms with van der Waals surface area (Å²) in [5.74, 6) is 1.46. The molecular weight excluding hydrogens is 362 g/mol. The number of benzene rings is 2. The van der Waals surface area contributed by atoms with Crippen molar-refractivity contribution in [1.29, 1.82) is 0 Å². The summed E-state index contributed by atoms with van der Waals surface area (Å²) < 4.78 is 6.08. The average molecular weight is 383 g/mol. The maximum atomic E-state index is 11.7. The number of carbonyl (C=O) groups is 2. The van der Waals surface area contributed by atoms with Crippen molar-refractivity contribution in [2.75, 3.05) is 0 Å². The smallest absolute Gasteiger partial charge is 0.290 e. The Morgan fingerprint density at radius 3 is 2.33 bits per heavy atom. The third kappa shape index (κ3) is 4.17. The number of thioether (sulfide) groups is 1. The molecule has 0 unspecified atom stereocenters. The lowest BCUT2D eigenvalue weighted by atomic mass is 10.0. The van der Waals surface area contributed by atoms with Crippen LogP contribution < -0.4 is 10.1 Å². The topological polar surface area (TPSA) is 75.6 Å². The quantitative estimate of drug-likeness (QED) is 0.706. The van der Waals surface area contributed by atoms with Gasteiger partial charge in [-0.05, 0) is 84.6 Å². The highest BCUT2D eigenvalue weighted by molar-refractivity contribution is 8.18. The van der Waals surface area contributed by atoms with Crippen molar-refractivity contribution in [2.24, 2.45) is 0 Å². The van der Waals surface area contributed by atoms with Crippen molar-refractivity contribution in [3.8, 4) is 17.2 Å². The maximum Gasteiger partial charge on any atom is 0.290 e. The van der Waals surface area contributed by atoms with Crippen LogP contribution in [0.15, 0.2) is 35.2 Å². The lowest BCUT2D eigenvalue weighted by molar-refractivity contribution is -0.115. The van der Waals surface area contributed by atoms with Crippen LogP contribution in [0.4, 0.5) is 4.79 Å². The van der Waals surface area contributed by atoms with Crippen LogP contribution in [0.3, 0.4) is 0 Å². The fraction of sp³-hybridized carbons (Fsp3) is 0.238. The number of hydrogen-bond acceptors (Lipinski definition) is 5. The number of aryl methyl sites for hydroxylation is 2. The molecule has 0 radical (unpaired) electrons. The molecule has 1 fully saturated rings. The molecule has 3 rings (SSSR count). The zero-order chi connectivity index (χ0) is 19.7. The van der Waals surface area contributed by atoms with Crippen LogP contribution >= 0.6 is 11.8 Å². The fourth-order valence-corrected chi connectivity index (χ4v) is 3.66. The zero-order valence-corrected chi connectivity index (χ0v) is 16.4. The first-order chi connectivity index (χ1) is 12.7. The summed E-state index contributed by atoms with van der Waals surface area (Å²) in [6.45, 7) is 7.89. The lowest BCUT2D eigenvalue weighted by Gasteiger charge is -2.15. The third-order valence-electron chi connectivity index (χ3n) is 4.26. The molecule has 0 bridgehead atoms. The van der Waals surface area contributed by atoms with Gasteiger partial charge in [0.15, 0.2) is 0 Å². The van der Waals surface area contributed by atoms with Crippen LogP contribution in [0, 0.1) is 13.8 Å².